The molecule has 5 aliphatic rings. The van der Waals surface area contributed by atoms with Crippen molar-refractivity contribution in [2.24, 2.45) is 40.6 Å². The van der Waals surface area contributed by atoms with Gasteiger partial charge in [-0.3, -0.25) is 9.59 Å². The predicted molar refractivity (Wildman–Crippen MR) is 103 cm³/mol. The van der Waals surface area contributed by atoms with Crippen LogP contribution in [0.2, 0.25) is 0 Å². The first-order valence-corrected chi connectivity index (χ1v) is 10.1. The van der Waals surface area contributed by atoms with Crippen LogP contribution in [0, 0.1) is 35.5 Å². The normalized spacial score (nSPS) is 34.7. The number of rotatable bonds is 6. The van der Waals surface area contributed by atoms with Crippen LogP contribution < -0.4 is 9.47 Å². The molecular weight excluding hydrogens is 356 g/mol. The Morgan fingerprint density at radius 3 is 2.21 bits per heavy atom. The Balaban J connectivity index is 1.38. The first kappa shape index (κ1) is 17.5. The summed E-state index contributed by atoms with van der Waals surface area (Å²) in [6, 6.07) is 5.48. The highest BCUT2D eigenvalue weighted by Gasteiger charge is 2.67. The Morgan fingerprint density at radius 1 is 1.00 bits per heavy atom. The van der Waals surface area contributed by atoms with E-state index in [-0.39, 0.29) is 35.5 Å². The lowest BCUT2D eigenvalue weighted by molar-refractivity contribution is -0.140. The molecule has 4 aliphatic carbocycles. The van der Waals surface area contributed by atoms with Gasteiger partial charge in [-0.25, -0.2) is 0 Å². The maximum Gasteiger partial charge on any atom is 0.254 e. The number of hydrogen-bond donors (Lipinski definition) is 0. The number of carbonyl (C=O) groups is 2. The van der Waals surface area contributed by atoms with Crippen LogP contribution >= 0.6 is 0 Å². The highest BCUT2D eigenvalue weighted by Crippen LogP contribution is 2.65. The average Bonchev–Trinajstić information content (AvgIpc) is 3.48. The van der Waals surface area contributed by atoms with Crippen molar-refractivity contribution in [3.05, 3.63) is 35.9 Å². The number of nitrogens with zero attached hydrogens (tertiary/aromatic N) is 2. The average molecular weight is 380 g/mol. The molecule has 3 fully saturated rings. The third kappa shape index (κ3) is 2.50. The molecule has 1 aliphatic heterocycles. The van der Waals surface area contributed by atoms with Crippen LogP contribution in [-0.2, 0) is 9.59 Å². The minimum absolute atomic E-state index is 0.146. The smallest absolute Gasteiger partial charge is 0.254 e. The zero-order valence-electron chi connectivity index (χ0n) is 16.1. The van der Waals surface area contributed by atoms with E-state index in [0.29, 0.717) is 36.5 Å². The maximum atomic E-state index is 12.9. The summed E-state index contributed by atoms with van der Waals surface area (Å²) in [5.41, 5.74) is 0.756. The third-order valence-corrected chi connectivity index (χ3v) is 6.53. The molecule has 6 rings (SSSR count). The van der Waals surface area contributed by atoms with Gasteiger partial charge in [0.15, 0.2) is 11.5 Å². The Hall–Kier alpha value is -2.63. The van der Waals surface area contributed by atoms with Crippen LogP contribution in [0.15, 0.2) is 35.5 Å². The molecular formula is C22H24N2O4. The molecule has 28 heavy (non-hydrogen) atoms. The quantitative estimate of drug-likeness (QED) is 0.432. The third-order valence-electron chi connectivity index (χ3n) is 6.53. The lowest BCUT2D eigenvalue weighted by atomic mass is 9.63. The second kappa shape index (κ2) is 6.47. The fraction of sp³-hybridized carbons (Fsp3) is 0.500. The molecule has 6 nitrogen and oxygen atoms in total. The number of benzene rings is 1. The molecule has 0 aromatic heterocycles. The van der Waals surface area contributed by atoms with Crippen molar-refractivity contribution in [2.75, 3.05) is 13.2 Å². The first-order chi connectivity index (χ1) is 13.6. The van der Waals surface area contributed by atoms with E-state index in [1.807, 2.05) is 32.0 Å². The van der Waals surface area contributed by atoms with E-state index in [4.69, 9.17) is 9.47 Å². The fourth-order valence-electron chi connectivity index (χ4n) is 5.33. The second-order valence-corrected chi connectivity index (χ2v) is 7.96. The van der Waals surface area contributed by atoms with Gasteiger partial charge in [0.25, 0.3) is 11.8 Å². The molecule has 1 aromatic carbocycles. The SMILES string of the molecule is CCOc1ccc(/C=N\N2C(=O)[C@H]3[C@@H]4C=C[C@H]([C@H]5C[C@H]45)[C@@H]3C2=O)cc1OCC. The van der Waals surface area contributed by atoms with Gasteiger partial charge < -0.3 is 9.47 Å². The first-order valence-electron chi connectivity index (χ1n) is 10.1. The summed E-state index contributed by atoms with van der Waals surface area (Å²) in [5, 5.41) is 5.38. The number of carbonyl (C=O) groups excluding carboxylic acids is 2. The number of hydrogen-bond acceptors (Lipinski definition) is 5. The van der Waals surface area contributed by atoms with Crippen LogP contribution in [-0.4, -0.2) is 36.3 Å². The summed E-state index contributed by atoms with van der Waals surface area (Å²) in [5.74, 6) is 2.18. The molecule has 2 saturated carbocycles. The minimum Gasteiger partial charge on any atom is -0.490 e. The molecule has 1 heterocycles. The van der Waals surface area contributed by atoms with Gasteiger partial charge in [-0.1, -0.05) is 12.2 Å². The van der Waals surface area contributed by atoms with Crippen molar-refractivity contribution in [2.45, 2.75) is 20.3 Å². The van der Waals surface area contributed by atoms with E-state index < -0.39 is 0 Å². The van der Waals surface area contributed by atoms with Gasteiger partial charge in [0, 0.05) is 0 Å². The Bertz CT molecular complexity index is 857. The molecule has 146 valence electrons. The number of hydrazone groups is 1. The van der Waals surface area contributed by atoms with Gasteiger partial charge in [-0.2, -0.15) is 10.1 Å². The van der Waals surface area contributed by atoms with Crippen LogP contribution in [0.1, 0.15) is 25.8 Å². The largest absolute Gasteiger partial charge is 0.490 e. The monoisotopic (exact) mass is 380 g/mol. The van der Waals surface area contributed by atoms with Crippen molar-refractivity contribution in [3.63, 3.8) is 0 Å². The van der Waals surface area contributed by atoms with Crippen LogP contribution in [0.3, 0.4) is 0 Å². The Kier molecular flexibility index (Phi) is 4.03. The van der Waals surface area contributed by atoms with E-state index in [2.05, 4.69) is 17.3 Å². The predicted octanol–water partition coefficient (Wildman–Crippen LogP) is 2.87. The van der Waals surface area contributed by atoms with Gasteiger partial charge in [0.1, 0.15) is 0 Å². The molecule has 0 unspecified atom stereocenters. The van der Waals surface area contributed by atoms with Crippen LogP contribution in [0.4, 0.5) is 0 Å². The van der Waals surface area contributed by atoms with E-state index in [1.54, 1.807) is 6.21 Å². The van der Waals surface area contributed by atoms with Crippen molar-refractivity contribution in [1.29, 1.82) is 0 Å². The van der Waals surface area contributed by atoms with Gasteiger partial charge in [-0.05, 0) is 67.7 Å². The van der Waals surface area contributed by atoms with Crippen molar-refractivity contribution >= 4 is 18.0 Å². The zero-order valence-corrected chi connectivity index (χ0v) is 16.1. The Labute approximate surface area is 164 Å². The molecule has 6 heteroatoms. The molecule has 1 saturated heterocycles. The molecule has 2 bridgehead atoms. The summed E-state index contributed by atoms with van der Waals surface area (Å²) < 4.78 is 11.2. The van der Waals surface area contributed by atoms with E-state index in [0.717, 1.165) is 17.0 Å². The lowest BCUT2D eigenvalue weighted by Gasteiger charge is -2.37. The highest BCUT2D eigenvalue weighted by molar-refractivity contribution is 6.06. The molecule has 1 aromatic rings. The lowest BCUT2D eigenvalue weighted by Crippen LogP contribution is -2.40. The molecule has 2 amide bonds. The van der Waals surface area contributed by atoms with Crippen LogP contribution in [0.5, 0.6) is 11.5 Å². The zero-order chi connectivity index (χ0) is 19.4. The van der Waals surface area contributed by atoms with E-state index >= 15 is 0 Å². The van der Waals surface area contributed by atoms with E-state index in [9.17, 15) is 9.59 Å². The van der Waals surface area contributed by atoms with Gasteiger partial charge in [0.05, 0.1) is 31.3 Å². The number of ether oxygens (including phenoxy) is 2. The standard InChI is InChI=1S/C22H24N2O4/c1-3-27-17-8-5-12(9-18(17)28-4-2)11-23-24-21(25)19-13-6-7-14(16-10-15(13)16)20(19)22(24)26/h5-9,11,13-16,19-20H,3-4,10H2,1-2H3/b23-11-/t13-,14-,15-,16-,19+,20+/m1/s1. The van der Waals surface area contributed by atoms with Crippen molar-refractivity contribution in [3.8, 4) is 11.5 Å². The molecule has 6 atom stereocenters. The summed E-state index contributed by atoms with van der Waals surface area (Å²) in [7, 11) is 0. The number of amides is 2. The summed E-state index contributed by atoms with van der Waals surface area (Å²) in [6.07, 6.45) is 7.05. The summed E-state index contributed by atoms with van der Waals surface area (Å²) in [6.45, 7) is 4.89. The summed E-state index contributed by atoms with van der Waals surface area (Å²) >= 11 is 0. The molecule has 0 spiro atoms. The Morgan fingerprint density at radius 2 is 1.61 bits per heavy atom. The van der Waals surface area contributed by atoms with Crippen molar-refractivity contribution in [1.82, 2.24) is 5.01 Å². The van der Waals surface area contributed by atoms with E-state index in [1.165, 1.54) is 0 Å². The van der Waals surface area contributed by atoms with Gasteiger partial charge in [0.2, 0.25) is 0 Å². The number of imide groups is 1. The molecule has 0 N–H and O–H groups in total. The van der Waals surface area contributed by atoms with Gasteiger partial charge >= 0.3 is 0 Å². The van der Waals surface area contributed by atoms with Gasteiger partial charge in [-0.15, -0.1) is 0 Å². The summed E-state index contributed by atoms with van der Waals surface area (Å²) in [4.78, 5) is 25.9. The van der Waals surface area contributed by atoms with Crippen molar-refractivity contribution < 1.29 is 19.1 Å². The maximum absolute atomic E-state index is 12.9. The topological polar surface area (TPSA) is 68.2 Å². The minimum atomic E-state index is -0.220. The second-order valence-electron chi connectivity index (χ2n) is 7.96. The number of allylic oxidation sites excluding steroid dienone is 2. The van der Waals surface area contributed by atoms with Crippen LogP contribution in [0.25, 0.3) is 0 Å². The fourth-order valence-corrected chi connectivity index (χ4v) is 5.33. The highest BCUT2D eigenvalue weighted by atomic mass is 16.5. The molecule has 0 radical (unpaired) electrons.